The topological polar surface area (TPSA) is 49.8 Å². The standard InChI is InChI=1S/C14H26N4/c1-11(2)9-15-6-5-7-16-10-14-8-12(3)17-18-13(14)4/h8,11,15-16H,5-7,9-10H2,1-4H3. The Labute approximate surface area is 111 Å². The van der Waals surface area contributed by atoms with Crippen LogP contribution in [0.2, 0.25) is 0 Å². The third kappa shape index (κ3) is 6.07. The van der Waals surface area contributed by atoms with Crippen molar-refractivity contribution in [3.8, 4) is 0 Å². The predicted molar refractivity (Wildman–Crippen MR) is 75.5 cm³/mol. The van der Waals surface area contributed by atoms with Crippen molar-refractivity contribution in [3.05, 3.63) is 23.0 Å². The Morgan fingerprint density at radius 3 is 2.56 bits per heavy atom. The van der Waals surface area contributed by atoms with Crippen LogP contribution in [0.3, 0.4) is 0 Å². The van der Waals surface area contributed by atoms with Crippen molar-refractivity contribution in [2.45, 2.75) is 40.7 Å². The van der Waals surface area contributed by atoms with Gasteiger partial charge in [-0.15, -0.1) is 0 Å². The SMILES string of the molecule is Cc1cc(CNCCCNCC(C)C)c(C)nn1. The lowest BCUT2D eigenvalue weighted by Crippen LogP contribution is -2.24. The Morgan fingerprint density at radius 2 is 1.83 bits per heavy atom. The lowest BCUT2D eigenvalue weighted by atomic mass is 10.2. The van der Waals surface area contributed by atoms with Crippen LogP contribution in [-0.2, 0) is 6.54 Å². The summed E-state index contributed by atoms with van der Waals surface area (Å²) in [6.45, 7) is 12.5. The molecule has 2 N–H and O–H groups in total. The first-order valence-corrected chi connectivity index (χ1v) is 6.81. The molecule has 1 aromatic rings. The largest absolute Gasteiger partial charge is 0.316 e. The lowest BCUT2D eigenvalue weighted by Gasteiger charge is -2.09. The molecular formula is C14H26N4. The van der Waals surface area contributed by atoms with E-state index >= 15 is 0 Å². The summed E-state index contributed by atoms with van der Waals surface area (Å²) in [7, 11) is 0. The molecule has 0 aliphatic rings. The molecule has 0 spiro atoms. The minimum absolute atomic E-state index is 0.728. The summed E-state index contributed by atoms with van der Waals surface area (Å²) < 4.78 is 0. The van der Waals surface area contributed by atoms with Gasteiger partial charge in [-0.1, -0.05) is 13.8 Å². The van der Waals surface area contributed by atoms with Crippen LogP contribution in [0.5, 0.6) is 0 Å². The third-order valence-electron chi connectivity index (χ3n) is 2.78. The van der Waals surface area contributed by atoms with Crippen molar-refractivity contribution < 1.29 is 0 Å². The minimum atomic E-state index is 0.728. The second-order valence-corrected chi connectivity index (χ2v) is 5.22. The van der Waals surface area contributed by atoms with Gasteiger partial charge in [-0.05, 0) is 57.5 Å². The number of aromatic nitrogens is 2. The van der Waals surface area contributed by atoms with Gasteiger partial charge in [0.25, 0.3) is 0 Å². The molecule has 0 amide bonds. The van der Waals surface area contributed by atoms with Crippen LogP contribution in [0.15, 0.2) is 6.07 Å². The van der Waals surface area contributed by atoms with Gasteiger partial charge in [0, 0.05) is 6.54 Å². The van der Waals surface area contributed by atoms with E-state index in [2.05, 4.69) is 40.7 Å². The van der Waals surface area contributed by atoms with E-state index in [9.17, 15) is 0 Å². The van der Waals surface area contributed by atoms with Gasteiger partial charge >= 0.3 is 0 Å². The third-order valence-corrected chi connectivity index (χ3v) is 2.78. The van der Waals surface area contributed by atoms with Crippen molar-refractivity contribution in [2.75, 3.05) is 19.6 Å². The molecule has 0 aliphatic carbocycles. The van der Waals surface area contributed by atoms with Gasteiger partial charge < -0.3 is 10.6 Å². The zero-order valence-corrected chi connectivity index (χ0v) is 12.1. The molecular weight excluding hydrogens is 224 g/mol. The Balaban J connectivity index is 2.12. The molecule has 18 heavy (non-hydrogen) atoms. The van der Waals surface area contributed by atoms with Gasteiger partial charge in [0.2, 0.25) is 0 Å². The Hall–Kier alpha value is -1.00. The fourth-order valence-electron chi connectivity index (χ4n) is 1.73. The number of rotatable bonds is 8. The summed E-state index contributed by atoms with van der Waals surface area (Å²) in [4.78, 5) is 0. The number of hydrogen-bond donors (Lipinski definition) is 2. The molecule has 0 unspecified atom stereocenters. The summed E-state index contributed by atoms with van der Waals surface area (Å²) in [5.74, 6) is 0.728. The predicted octanol–water partition coefficient (Wildman–Crippen LogP) is 1.82. The van der Waals surface area contributed by atoms with Crippen LogP contribution < -0.4 is 10.6 Å². The van der Waals surface area contributed by atoms with E-state index < -0.39 is 0 Å². The Morgan fingerprint density at radius 1 is 1.11 bits per heavy atom. The first kappa shape index (κ1) is 15.1. The second kappa shape index (κ2) is 8.16. The summed E-state index contributed by atoms with van der Waals surface area (Å²) >= 11 is 0. The Bertz CT molecular complexity index is 350. The van der Waals surface area contributed by atoms with Crippen LogP contribution in [0.1, 0.15) is 37.2 Å². The van der Waals surface area contributed by atoms with E-state index in [1.807, 2.05) is 13.8 Å². The zero-order chi connectivity index (χ0) is 13.4. The molecule has 102 valence electrons. The molecule has 4 nitrogen and oxygen atoms in total. The van der Waals surface area contributed by atoms with E-state index in [0.29, 0.717) is 0 Å². The van der Waals surface area contributed by atoms with Crippen LogP contribution in [0, 0.1) is 19.8 Å². The van der Waals surface area contributed by atoms with Gasteiger partial charge in [0.1, 0.15) is 0 Å². The molecule has 1 aromatic heterocycles. The first-order chi connectivity index (χ1) is 8.59. The second-order valence-electron chi connectivity index (χ2n) is 5.22. The highest BCUT2D eigenvalue weighted by atomic mass is 15.1. The van der Waals surface area contributed by atoms with Crippen LogP contribution in [0.25, 0.3) is 0 Å². The molecule has 0 fully saturated rings. The van der Waals surface area contributed by atoms with E-state index in [4.69, 9.17) is 0 Å². The average Bonchev–Trinajstić information content (AvgIpc) is 2.32. The average molecular weight is 250 g/mol. The smallest absolute Gasteiger partial charge is 0.0645 e. The quantitative estimate of drug-likeness (QED) is 0.691. The van der Waals surface area contributed by atoms with Crippen molar-refractivity contribution in [2.24, 2.45) is 5.92 Å². The van der Waals surface area contributed by atoms with Crippen molar-refractivity contribution in [1.29, 1.82) is 0 Å². The lowest BCUT2D eigenvalue weighted by molar-refractivity contribution is 0.530. The highest BCUT2D eigenvalue weighted by molar-refractivity contribution is 5.19. The van der Waals surface area contributed by atoms with Crippen molar-refractivity contribution in [3.63, 3.8) is 0 Å². The summed E-state index contributed by atoms with van der Waals surface area (Å²) in [5.41, 5.74) is 3.25. The Kier molecular flexibility index (Phi) is 6.83. The summed E-state index contributed by atoms with van der Waals surface area (Å²) in [6, 6.07) is 2.10. The molecule has 4 heteroatoms. The summed E-state index contributed by atoms with van der Waals surface area (Å²) in [5, 5.41) is 15.1. The van der Waals surface area contributed by atoms with Crippen LogP contribution in [-0.4, -0.2) is 29.8 Å². The maximum atomic E-state index is 4.12. The number of hydrogen-bond acceptors (Lipinski definition) is 4. The van der Waals surface area contributed by atoms with E-state index in [1.54, 1.807) is 0 Å². The maximum absolute atomic E-state index is 4.12. The van der Waals surface area contributed by atoms with Gasteiger partial charge in [-0.3, -0.25) is 0 Å². The minimum Gasteiger partial charge on any atom is -0.316 e. The van der Waals surface area contributed by atoms with E-state index in [1.165, 1.54) is 5.56 Å². The van der Waals surface area contributed by atoms with Crippen LogP contribution in [0.4, 0.5) is 0 Å². The monoisotopic (exact) mass is 250 g/mol. The highest BCUT2D eigenvalue weighted by Crippen LogP contribution is 2.04. The van der Waals surface area contributed by atoms with Crippen molar-refractivity contribution in [1.82, 2.24) is 20.8 Å². The van der Waals surface area contributed by atoms with Gasteiger partial charge in [0.15, 0.2) is 0 Å². The number of nitrogens with one attached hydrogen (secondary N) is 2. The molecule has 1 rings (SSSR count). The normalized spacial score (nSPS) is 11.2. The molecule has 0 aliphatic heterocycles. The molecule has 0 aromatic carbocycles. The van der Waals surface area contributed by atoms with E-state index in [-0.39, 0.29) is 0 Å². The van der Waals surface area contributed by atoms with Gasteiger partial charge in [-0.25, -0.2) is 0 Å². The van der Waals surface area contributed by atoms with Crippen LogP contribution >= 0.6 is 0 Å². The van der Waals surface area contributed by atoms with E-state index in [0.717, 1.165) is 49.9 Å². The highest BCUT2D eigenvalue weighted by Gasteiger charge is 2.00. The molecule has 0 bridgehead atoms. The fraction of sp³-hybridized carbons (Fsp3) is 0.714. The molecule has 0 atom stereocenters. The maximum Gasteiger partial charge on any atom is 0.0645 e. The summed E-state index contributed by atoms with van der Waals surface area (Å²) in [6.07, 6.45) is 1.16. The van der Waals surface area contributed by atoms with Crippen molar-refractivity contribution >= 4 is 0 Å². The first-order valence-electron chi connectivity index (χ1n) is 6.81. The molecule has 1 heterocycles. The fourth-order valence-corrected chi connectivity index (χ4v) is 1.73. The number of nitrogens with zero attached hydrogens (tertiary/aromatic N) is 2. The van der Waals surface area contributed by atoms with Gasteiger partial charge in [-0.2, -0.15) is 10.2 Å². The molecule has 0 radical (unpaired) electrons. The zero-order valence-electron chi connectivity index (χ0n) is 12.1. The molecule has 0 saturated carbocycles. The molecule has 0 saturated heterocycles. The number of aryl methyl sites for hydroxylation is 2. The van der Waals surface area contributed by atoms with Gasteiger partial charge in [0.05, 0.1) is 11.4 Å².